The zero-order valence-corrected chi connectivity index (χ0v) is 23.2. The first kappa shape index (κ1) is 31.2. The molecule has 2 aliphatic rings. The Morgan fingerprint density at radius 2 is 1.63 bits per heavy atom. The van der Waals surface area contributed by atoms with Crippen molar-refractivity contribution in [1.82, 2.24) is 20.9 Å². The molecule has 0 unspecified atom stereocenters. The first-order valence-corrected chi connectivity index (χ1v) is 13.9. The fourth-order valence-electron chi connectivity index (χ4n) is 4.88. The third-order valence-corrected chi connectivity index (χ3v) is 7.57. The van der Waals surface area contributed by atoms with Crippen molar-refractivity contribution in [3.63, 3.8) is 0 Å². The Balaban J connectivity index is 2.34. The molecule has 2 rings (SSSR count). The van der Waals surface area contributed by atoms with Crippen LogP contribution in [0.2, 0.25) is 0 Å². The van der Waals surface area contributed by atoms with Crippen LogP contribution in [0.5, 0.6) is 0 Å². The maximum absolute atomic E-state index is 13.7. The number of rotatable bonds is 11. The van der Waals surface area contributed by atoms with Crippen LogP contribution in [0, 0.1) is 5.92 Å². The second-order valence-corrected chi connectivity index (χ2v) is 10.3. The molecule has 214 valence electrons. The van der Waals surface area contributed by atoms with Crippen molar-refractivity contribution in [2.24, 2.45) is 5.92 Å². The molecule has 11 nitrogen and oxygen atoms in total. The average molecular weight is 537 g/mol. The van der Waals surface area contributed by atoms with Crippen LogP contribution >= 0.6 is 0 Å². The van der Waals surface area contributed by atoms with Crippen molar-refractivity contribution in [1.29, 1.82) is 0 Å². The SMILES string of the molecule is CCC(=O)CCCCC[C@@H]1NC(=O)[C@H]2CCCCN2C(=O)[C@H]([C@@H](C)CC)NC(=O)[C@@H](CC(=O)OC)NC1=O. The second-order valence-electron chi connectivity index (χ2n) is 10.3. The van der Waals surface area contributed by atoms with Crippen LogP contribution in [0.15, 0.2) is 0 Å². The van der Waals surface area contributed by atoms with Crippen LogP contribution in [-0.4, -0.2) is 78.1 Å². The van der Waals surface area contributed by atoms with Gasteiger partial charge in [0.05, 0.1) is 13.5 Å². The second kappa shape index (κ2) is 15.4. The molecule has 11 heteroatoms. The van der Waals surface area contributed by atoms with E-state index in [2.05, 4.69) is 16.0 Å². The van der Waals surface area contributed by atoms with Gasteiger partial charge in [0.15, 0.2) is 0 Å². The van der Waals surface area contributed by atoms with Crippen molar-refractivity contribution in [2.45, 2.75) is 116 Å². The van der Waals surface area contributed by atoms with Crippen LogP contribution in [0.4, 0.5) is 0 Å². The van der Waals surface area contributed by atoms with Crippen molar-refractivity contribution >= 4 is 35.4 Å². The van der Waals surface area contributed by atoms with Crippen molar-refractivity contribution in [2.75, 3.05) is 13.7 Å². The number of nitrogens with zero attached hydrogens (tertiary/aromatic N) is 1. The Morgan fingerprint density at radius 3 is 2.29 bits per heavy atom. The number of unbranched alkanes of at least 4 members (excludes halogenated alkanes) is 2. The van der Waals surface area contributed by atoms with Gasteiger partial charge in [0.25, 0.3) is 0 Å². The molecule has 0 bridgehead atoms. The quantitative estimate of drug-likeness (QED) is 0.266. The van der Waals surface area contributed by atoms with E-state index in [1.54, 1.807) is 0 Å². The Kier molecular flexibility index (Phi) is 12.7. The van der Waals surface area contributed by atoms with Gasteiger partial charge < -0.3 is 25.6 Å². The van der Waals surface area contributed by atoms with E-state index in [9.17, 15) is 28.8 Å². The van der Waals surface area contributed by atoms with E-state index >= 15 is 0 Å². The van der Waals surface area contributed by atoms with Gasteiger partial charge in [-0.25, -0.2) is 0 Å². The lowest BCUT2D eigenvalue weighted by Gasteiger charge is -2.39. The minimum absolute atomic E-state index is 0.177. The number of Topliss-reactive ketones (excluding diaryl/α,β-unsaturated/α-hetero) is 1. The summed E-state index contributed by atoms with van der Waals surface area (Å²) >= 11 is 0. The number of hydrogen-bond acceptors (Lipinski definition) is 7. The van der Waals surface area contributed by atoms with Crippen molar-refractivity contribution < 1.29 is 33.5 Å². The first-order chi connectivity index (χ1) is 18.1. The fourth-order valence-corrected chi connectivity index (χ4v) is 4.88. The van der Waals surface area contributed by atoms with Gasteiger partial charge in [-0.15, -0.1) is 0 Å². The molecule has 0 spiro atoms. The number of carbonyl (C=O) groups is 6. The Labute approximate surface area is 225 Å². The van der Waals surface area contributed by atoms with Gasteiger partial charge >= 0.3 is 5.97 Å². The van der Waals surface area contributed by atoms with E-state index in [0.717, 1.165) is 12.8 Å². The fraction of sp³-hybridized carbons (Fsp3) is 0.778. The number of esters is 1. The summed E-state index contributed by atoms with van der Waals surface area (Å²) in [6.07, 6.45) is 5.37. The highest BCUT2D eigenvalue weighted by Crippen LogP contribution is 2.22. The maximum atomic E-state index is 13.7. The molecule has 4 amide bonds. The minimum Gasteiger partial charge on any atom is -0.469 e. The third-order valence-electron chi connectivity index (χ3n) is 7.57. The van der Waals surface area contributed by atoms with E-state index in [1.165, 1.54) is 12.0 Å². The molecule has 0 saturated carbocycles. The third kappa shape index (κ3) is 8.80. The van der Waals surface area contributed by atoms with E-state index in [1.807, 2.05) is 20.8 Å². The standard InChI is InChI=1S/C27H44N4O7/c1-5-17(3)23-27(37)31-15-11-10-14-21(31)26(36)28-19(13-9-7-8-12-18(32)6-2)24(34)29-20(25(35)30-23)16-22(33)38-4/h17,19-21,23H,5-16H2,1-4H3,(H,28,36)(H,29,34)(H,30,35)/t17-,19-,20+,21+,23-/m0/s1. The van der Waals surface area contributed by atoms with Crippen LogP contribution < -0.4 is 16.0 Å². The lowest BCUT2D eigenvalue weighted by Crippen LogP contribution is -2.64. The molecule has 0 radical (unpaired) electrons. The molecule has 2 heterocycles. The van der Waals surface area contributed by atoms with Gasteiger partial charge in [0.2, 0.25) is 23.6 Å². The summed E-state index contributed by atoms with van der Waals surface area (Å²) in [6, 6.07) is -3.87. The van der Waals surface area contributed by atoms with Crippen LogP contribution in [0.25, 0.3) is 0 Å². The van der Waals surface area contributed by atoms with Gasteiger partial charge in [0, 0.05) is 19.4 Å². The Morgan fingerprint density at radius 1 is 0.947 bits per heavy atom. The summed E-state index contributed by atoms with van der Waals surface area (Å²) in [5.74, 6) is -2.73. The van der Waals surface area contributed by atoms with Gasteiger partial charge in [-0.1, -0.05) is 40.0 Å². The molecule has 2 aliphatic heterocycles. The number of amides is 4. The summed E-state index contributed by atoms with van der Waals surface area (Å²) in [4.78, 5) is 78.9. The average Bonchev–Trinajstić information content (AvgIpc) is 2.92. The van der Waals surface area contributed by atoms with E-state index in [4.69, 9.17) is 4.74 Å². The minimum atomic E-state index is -1.27. The van der Waals surface area contributed by atoms with Crippen LogP contribution in [0.3, 0.4) is 0 Å². The number of hydrogen-bond donors (Lipinski definition) is 3. The van der Waals surface area contributed by atoms with E-state index in [-0.39, 0.29) is 17.6 Å². The number of ether oxygens (including phenoxy) is 1. The largest absolute Gasteiger partial charge is 0.469 e. The van der Waals surface area contributed by atoms with Gasteiger partial charge in [0.1, 0.15) is 30.0 Å². The summed E-state index contributed by atoms with van der Waals surface area (Å²) in [5, 5.41) is 8.18. The molecule has 0 aromatic rings. The molecule has 3 N–H and O–H groups in total. The molecule has 38 heavy (non-hydrogen) atoms. The number of methoxy groups -OCH3 is 1. The summed E-state index contributed by atoms with van der Waals surface area (Å²) in [6.45, 7) is 5.94. The van der Waals surface area contributed by atoms with Gasteiger partial charge in [-0.05, 0) is 38.0 Å². The zero-order chi connectivity index (χ0) is 28.2. The molecule has 0 aliphatic carbocycles. The lowest BCUT2D eigenvalue weighted by molar-refractivity contribution is -0.148. The predicted molar refractivity (Wildman–Crippen MR) is 140 cm³/mol. The van der Waals surface area contributed by atoms with Gasteiger partial charge in [-0.3, -0.25) is 28.8 Å². The normalized spacial score (nSPS) is 25.6. The predicted octanol–water partition coefficient (Wildman–Crippen LogP) is 1.37. The molecular weight excluding hydrogens is 492 g/mol. The van der Waals surface area contributed by atoms with E-state index < -0.39 is 54.3 Å². The molecule has 2 fully saturated rings. The van der Waals surface area contributed by atoms with Crippen molar-refractivity contribution in [3.8, 4) is 0 Å². The van der Waals surface area contributed by atoms with Crippen molar-refractivity contribution in [3.05, 3.63) is 0 Å². The smallest absolute Gasteiger partial charge is 0.308 e. The lowest BCUT2D eigenvalue weighted by atomic mass is 9.93. The molecule has 0 aromatic carbocycles. The van der Waals surface area contributed by atoms with E-state index in [0.29, 0.717) is 57.9 Å². The highest BCUT2D eigenvalue weighted by Gasteiger charge is 2.41. The highest BCUT2D eigenvalue weighted by molar-refractivity contribution is 5.98. The first-order valence-electron chi connectivity index (χ1n) is 13.9. The highest BCUT2D eigenvalue weighted by atomic mass is 16.5. The topological polar surface area (TPSA) is 151 Å². The number of piperidine rings is 1. The monoisotopic (exact) mass is 536 g/mol. The molecule has 0 aromatic heterocycles. The molecular formula is C27H44N4O7. The summed E-state index contributed by atoms with van der Waals surface area (Å²) in [5.41, 5.74) is 0. The Bertz CT molecular complexity index is 877. The number of nitrogens with one attached hydrogen (secondary N) is 3. The molecule has 5 atom stereocenters. The summed E-state index contributed by atoms with van der Waals surface area (Å²) in [7, 11) is 1.19. The van der Waals surface area contributed by atoms with Crippen LogP contribution in [-0.2, 0) is 33.5 Å². The Hall–Kier alpha value is -2.98. The number of carbonyl (C=O) groups excluding carboxylic acids is 6. The number of fused-ring (bicyclic) bond motifs is 1. The molecule has 2 saturated heterocycles. The van der Waals surface area contributed by atoms with Crippen LogP contribution in [0.1, 0.15) is 91.4 Å². The van der Waals surface area contributed by atoms with Gasteiger partial charge in [-0.2, -0.15) is 0 Å². The zero-order valence-electron chi connectivity index (χ0n) is 23.2. The summed E-state index contributed by atoms with van der Waals surface area (Å²) < 4.78 is 4.72. The maximum Gasteiger partial charge on any atom is 0.308 e. The number of ketones is 1.